The van der Waals surface area contributed by atoms with E-state index in [1.165, 1.54) is 0 Å². The summed E-state index contributed by atoms with van der Waals surface area (Å²) in [6, 6.07) is 12.5. The molecule has 19 heavy (non-hydrogen) atoms. The third kappa shape index (κ3) is 6.35. The lowest BCUT2D eigenvalue weighted by atomic mass is 9.87. The Hall–Kier alpha value is 0.0500. The summed E-state index contributed by atoms with van der Waals surface area (Å²) in [7, 11) is 1.12. The second kappa shape index (κ2) is 9.07. The van der Waals surface area contributed by atoms with Gasteiger partial charge in [0.05, 0.1) is 15.7 Å². The number of rotatable bonds is 6. The van der Waals surface area contributed by atoms with E-state index < -0.39 is 0 Å². The monoisotopic (exact) mass is 419 g/mol. The molecule has 0 aliphatic carbocycles. The summed E-state index contributed by atoms with van der Waals surface area (Å²) in [6.45, 7) is 2.03. The van der Waals surface area contributed by atoms with Crippen LogP contribution in [0.1, 0.15) is 25.3 Å². The van der Waals surface area contributed by atoms with E-state index in [1.807, 2.05) is 37.3 Å². The van der Waals surface area contributed by atoms with Crippen LogP contribution in [0.25, 0.3) is 0 Å². The molecular formula is C14H15INPS2. The van der Waals surface area contributed by atoms with Crippen molar-refractivity contribution in [2.24, 2.45) is 5.41 Å². The van der Waals surface area contributed by atoms with Gasteiger partial charge in [-0.3, -0.25) is 0 Å². The lowest BCUT2D eigenvalue weighted by Gasteiger charge is -2.17. The number of nitrogens with zero attached hydrogens (tertiary/aromatic N) is 1. The summed E-state index contributed by atoms with van der Waals surface area (Å²) in [5.41, 5.74) is 0.863. The van der Waals surface area contributed by atoms with Gasteiger partial charge in [-0.1, -0.05) is 76.5 Å². The quantitative estimate of drug-likeness (QED) is 0.263. The third-order valence-electron chi connectivity index (χ3n) is 2.68. The van der Waals surface area contributed by atoms with Crippen LogP contribution in [0.15, 0.2) is 30.3 Å². The van der Waals surface area contributed by atoms with Crippen LogP contribution in [-0.2, 0) is 0 Å². The number of halogens is 1. The van der Waals surface area contributed by atoms with Crippen LogP contribution in [-0.4, -0.2) is 14.4 Å². The van der Waals surface area contributed by atoms with E-state index >= 15 is 0 Å². The van der Waals surface area contributed by atoms with Crippen LogP contribution in [0.4, 0.5) is 0 Å². The molecule has 0 aromatic heterocycles. The van der Waals surface area contributed by atoms with Gasteiger partial charge in [0.2, 0.25) is 0 Å². The molecule has 100 valence electrons. The van der Waals surface area contributed by atoms with Crippen LogP contribution in [0.2, 0.25) is 0 Å². The summed E-state index contributed by atoms with van der Waals surface area (Å²) < 4.78 is 1.92. The normalized spacial score (nSPS) is 13.9. The molecule has 1 rings (SSSR count). The van der Waals surface area contributed by atoms with E-state index in [2.05, 4.69) is 34.5 Å². The third-order valence-corrected chi connectivity index (χ3v) is 6.22. The SMILES string of the molecule is CC(C#N)(CC=PSC(=S)c1ccccc1)CCI. The van der Waals surface area contributed by atoms with E-state index in [4.69, 9.17) is 12.2 Å². The molecule has 0 aliphatic rings. The molecule has 0 spiro atoms. The van der Waals surface area contributed by atoms with Crippen molar-refractivity contribution in [1.82, 2.24) is 0 Å². The Labute approximate surface area is 139 Å². The number of alkyl halides is 1. The maximum Gasteiger partial charge on any atom is 0.0865 e. The Morgan fingerprint density at radius 1 is 1.53 bits per heavy atom. The molecule has 1 unspecified atom stereocenters. The highest BCUT2D eigenvalue weighted by Crippen LogP contribution is 2.30. The standard InChI is InChI=1S/C14H15INPS2/c1-14(11-16,7-9-15)8-10-17-19-13(18)12-5-3-2-4-6-12/h2-6,10H,7-9H2,1H3. The van der Waals surface area contributed by atoms with Crippen LogP contribution in [0.5, 0.6) is 0 Å². The van der Waals surface area contributed by atoms with Crippen molar-refractivity contribution in [2.45, 2.75) is 19.8 Å². The van der Waals surface area contributed by atoms with Gasteiger partial charge in [0.25, 0.3) is 0 Å². The fourth-order valence-corrected chi connectivity index (χ4v) is 5.02. The molecule has 0 amide bonds. The molecule has 1 atom stereocenters. The number of nitriles is 1. The first-order valence-electron chi connectivity index (χ1n) is 5.87. The summed E-state index contributed by atoms with van der Waals surface area (Å²) in [5.74, 6) is 2.15. The summed E-state index contributed by atoms with van der Waals surface area (Å²) in [6.07, 6.45) is 1.75. The highest BCUT2D eigenvalue weighted by atomic mass is 127. The summed E-state index contributed by atoms with van der Waals surface area (Å²) in [4.78, 5) is 0. The zero-order valence-electron chi connectivity index (χ0n) is 10.7. The van der Waals surface area contributed by atoms with Gasteiger partial charge < -0.3 is 0 Å². The fourth-order valence-electron chi connectivity index (χ4n) is 1.36. The van der Waals surface area contributed by atoms with Crippen molar-refractivity contribution in [3.8, 4) is 6.07 Å². The Morgan fingerprint density at radius 3 is 2.79 bits per heavy atom. The predicted octanol–water partition coefficient (Wildman–Crippen LogP) is 5.50. The van der Waals surface area contributed by atoms with E-state index in [1.54, 1.807) is 11.4 Å². The van der Waals surface area contributed by atoms with Crippen molar-refractivity contribution < 1.29 is 0 Å². The first-order valence-corrected chi connectivity index (χ1v) is 10.2. The molecule has 0 bridgehead atoms. The van der Waals surface area contributed by atoms with Crippen LogP contribution >= 0.6 is 53.6 Å². The van der Waals surface area contributed by atoms with Gasteiger partial charge in [-0.05, 0) is 38.5 Å². The van der Waals surface area contributed by atoms with Gasteiger partial charge in [-0.2, -0.15) is 5.26 Å². The van der Waals surface area contributed by atoms with Crippen molar-refractivity contribution in [3.05, 3.63) is 35.9 Å². The van der Waals surface area contributed by atoms with E-state index in [0.717, 1.165) is 34.4 Å². The Kier molecular flexibility index (Phi) is 8.17. The van der Waals surface area contributed by atoms with Crippen LogP contribution in [0, 0.1) is 16.7 Å². The van der Waals surface area contributed by atoms with Crippen molar-refractivity contribution >= 4 is 63.6 Å². The minimum absolute atomic E-state index is 0.233. The first kappa shape index (κ1) is 17.1. The summed E-state index contributed by atoms with van der Waals surface area (Å²) in [5, 5.41) is 9.19. The molecule has 0 aliphatic heterocycles. The molecule has 0 saturated carbocycles. The summed E-state index contributed by atoms with van der Waals surface area (Å²) >= 11 is 9.33. The highest BCUT2D eigenvalue weighted by Gasteiger charge is 2.21. The zero-order valence-corrected chi connectivity index (χ0v) is 15.4. The Morgan fingerprint density at radius 2 is 2.21 bits per heavy atom. The van der Waals surface area contributed by atoms with E-state index in [-0.39, 0.29) is 5.41 Å². The Balaban J connectivity index is 2.47. The topological polar surface area (TPSA) is 23.8 Å². The van der Waals surface area contributed by atoms with Gasteiger partial charge in [0.15, 0.2) is 0 Å². The molecule has 5 heteroatoms. The van der Waals surface area contributed by atoms with Crippen molar-refractivity contribution in [2.75, 3.05) is 4.43 Å². The second-order valence-corrected chi connectivity index (χ2v) is 8.44. The molecule has 0 N–H and O–H groups in total. The average molecular weight is 419 g/mol. The number of hydrogen-bond acceptors (Lipinski definition) is 3. The number of hydrogen-bond donors (Lipinski definition) is 0. The minimum atomic E-state index is -0.233. The molecular weight excluding hydrogens is 404 g/mol. The number of benzene rings is 1. The molecule has 0 heterocycles. The van der Waals surface area contributed by atoms with Crippen LogP contribution in [0.3, 0.4) is 0 Å². The smallest absolute Gasteiger partial charge is 0.0865 e. The lowest BCUT2D eigenvalue weighted by Crippen LogP contribution is -2.14. The Bertz CT molecular complexity index is 484. The van der Waals surface area contributed by atoms with Gasteiger partial charge in [0.1, 0.15) is 0 Å². The van der Waals surface area contributed by atoms with Crippen molar-refractivity contribution in [1.29, 1.82) is 5.26 Å². The number of thiocarbonyl (C=S) groups is 1. The molecule has 0 fully saturated rings. The molecule has 1 aromatic carbocycles. The maximum absolute atomic E-state index is 9.19. The van der Waals surface area contributed by atoms with E-state index in [0.29, 0.717) is 0 Å². The fraction of sp³-hybridized carbons (Fsp3) is 0.357. The van der Waals surface area contributed by atoms with Gasteiger partial charge in [-0.25, -0.2) is 0 Å². The zero-order chi connectivity index (χ0) is 14.1. The molecule has 0 saturated heterocycles. The van der Waals surface area contributed by atoms with Gasteiger partial charge in [0, 0.05) is 4.43 Å². The van der Waals surface area contributed by atoms with Gasteiger partial charge >= 0.3 is 0 Å². The second-order valence-electron chi connectivity index (χ2n) is 4.35. The predicted molar refractivity (Wildman–Crippen MR) is 101 cm³/mol. The molecule has 1 aromatic rings. The van der Waals surface area contributed by atoms with E-state index in [9.17, 15) is 5.26 Å². The van der Waals surface area contributed by atoms with Crippen molar-refractivity contribution in [3.63, 3.8) is 0 Å². The lowest BCUT2D eigenvalue weighted by molar-refractivity contribution is 0.456. The maximum atomic E-state index is 9.19. The largest absolute Gasteiger partial charge is 0.198 e. The minimum Gasteiger partial charge on any atom is -0.198 e. The molecule has 1 nitrogen and oxygen atoms in total. The first-order chi connectivity index (χ1) is 9.11. The van der Waals surface area contributed by atoms with Crippen LogP contribution < -0.4 is 0 Å². The average Bonchev–Trinajstić information content (AvgIpc) is 2.44. The highest BCUT2D eigenvalue weighted by molar-refractivity contribution is 14.1. The molecule has 0 radical (unpaired) electrons. The van der Waals surface area contributed by atoms with Gasteiger partial charge in [-0.15, -0.1) is 0 Å².